The molecule has 1 saturated carbocycles. The molecule has 1 aliphatic carbocycles. The zero-order chi connectivity index (χ0) is 18.3. The maximum Gasteiger partial charge on any atom is 0.265 e. The quantitative estimate of drug-likeness (QED) is 0.643. The first kappa shape index (κ1) is 16.5. The number of primary amides is 1. The van der Waals surface area contributed by atoms with Crippen molar-refractivity contribution < 1.29 is 14.0 Å². The van der Waals surface area contributed by atoms with Crippen molar-refractivity contribution in [1.82, 2.24) is 9.97 Å². The van der Waals surface area contributed by atoms with E-state index in [9.17, 15) is 14.0 Å². The second-order valence-electron chi connectivity index (χ2n) is 6.19. The van der Waals surface area contributed by atoms with Crippen LogP contribution >= 0.6 is 11.3 Å². The maximum absolute atomic E-state index is 13.0. The van der Waals surface area contributed by atoms with Crippen LogP contribution < -0.4 is 11.1 Å². The predicted octanol–water partition coefficient (Wildman–Crippen LogP) is 3.12. The lowest BCUT2D eigenvalue weighted by atomic mass is 10.1. The average molecular weight is 370 g/mol. The van der Waals surface area contributed by atoms with Crippen molar-refractivity contribution in [2.75, 3.05) is 5.32 Å². The van der Waals surface area contributed by atoms with Gasteiger partial charge in [-0.15, -0.1) is 11.3 Å². The van der Waals surface area contributed by atoms with Crippen LogP contribution in [0.15, 0.2) is 41.9 Å². The molecule has 8 heteroatoms. The minimum Gasteiger partial charge on any atom is -0.364 e. The number of hydrogen-bond acceptors (Lipinski definition) is 4. The molecule has 3 aromatic rings. The second kappa shape index (κ2) is 6.38. The van der Waals surface area contributed by atoms with Crippen molar-refractivity contribution in [2.24, 2.45) is 11.7 Å². The zero-order valence-corrected chi connectivity index (χ0v) is 14.3. The number of aromatic nitrogens is 2. The van der Waals surface area contributed by atoms with E-state index in [0.29, 0.717) is 16.5 Å². The van der Waals surface area contributed by atoms with Crippen molar-refractivity contribution >= 4 is 28.3 Å². The number of nitrogens with one attached hydrogen (secondary N) is 2. The highest BCUT2D eigenvalue weighted by Gasteiger charge is 2.44. The van der Waals surface area contributed by atoms with Gasteiger partial charge in [0, 0.05) is 23.1 Å². The van der Waals surface area contributed by atoms with E-state index in [2.05, 4.69) is 15.3 Å². The van der Waals surface area contributed by atoms with Crippen LogP contribution in [0.5, 0.6) is 0 Å². The maximum atomic E-state index is 13.0. The molecule has 0 aliphatic heterocycles. The van der Waals surface area contributed by atoms with E-state index in [1.807, 2.05) is 0 Å². The Morgan fingerprint density at radius 1 is 1.31 bits per heavy atom. The van der Waals surface area contributed by atoms with Gasteiger partial charge in [0.1, 0.15) is 11.5 Å². The van der Waals surface area contributed by atoms with E-state index < -0.39 is 5.91 Å². The summed E-state index contributed by atoms with van der Waals surface area (Å²) in [5.41, 5.74) is 7.88. The van der Waals surface area contributed by atoms with Gasteiger partial charge < -0.3 is 16.0 Å². The van der Waals surface area contributed by atoms with Crippen LogP contribution in [0.2, 0.25) is 0 Å². The molecule has 2 heterocycles. The van der Waals surface area contributed by atoms with Crippen molar-refractivity contribution in [3.63, 3.8) is 0 Å². The van der Waals surface area contributed by atoms with Gasteiger partial charge >= 0.3 is 0 Å². The van der Waals surface area contributed by atoms with Gasteiger partial charge in [-0.05, 0) is 36.1 Å². The van der Waals surface area contributed by atoms with E-state index in [-0.39, 0.29) is 23.6 Å². The van der Waals surface area contributed by atoms with Gasteiger partial charge in [-0.3, -0.25) is 9.59 Å². The minimum absolute atomic E-state index is 0.0906. The number of carbonyl (C=O) groups is 2. The van der Waals surface area contributed by atoms with Gasteiger partial charge in [0.2, 0.25) is 5.91 Å². The molecule has 1 aromatic carbocycles. The number of hydrogen-bond donors (Lipinski definition) is 3. The SMILES string of the molecule is NC(=O)c1cc(-c2csc(NC(=O)C3CC3c3ccc(F)cc3)n2)c[nH]1. The van der Waals surface area contributed by atoms with Crippen LogP contribution in [0.4, 0.5) is 9.52 Å². The summed E-state index contributed by atoms with van der Waals surface area (Å²) < 4.78 is 13.0. The van der Waals surface area contributed by atoms with Crippen LogP contribution in [0.3, 0.4) is 0 Å². The summed E-state index contributed by atoms with van der Waals surface area (Å²) in [5.74, 6) is -0.915. The second-order valence-corrected chi connectivity index (χ2v) is 7.05. The Morgan fingerprint density at radius 3 is 2.77 bits per heavy atom. The lowest BCUT2D eigenvalue weighted by molar-refractivity contribution is -0.117. The number of H-pyrrole nitrogens is 1. The molecule has 132 valence electrons. The normalized spacial score (nSPS) is 18.5. The Bertz CT molecular complexity index is 979. The topological polar surface area (TPSA) is 101 Å². The Labute approximate surface area is 152 Å². The Balaban J connectivity index is 1.40. The number of thiazole rings is 1. The van der Waals surface area contributed by atoms with Gasteiger partial charge in [-0.25, -0.2) is 9.37 Å². The molecule has 1 fully saturated rings. The van der Waals surface area contributed by atoms with Crippen LogP contribution in [0.1, 0.15) is 28.4 Å². The number of benzene rings is 1. The third-order valence-corrected chi connectivity index (χ3v) is 5.16. The fraction of sp³-hybridized carbons (Fsp3) is 0.167. The number of amides is 2. The average Bonchev–Trinajstić information content (AvgIpc) is 3.03. The molecule has 2 atom stereocenters. The fourth-order valence-electron chi connectivity index (χ4n) is 2.91. The Hall–Kier alpha value is -3.00. The molecule has 6 nitrogen and oxygen atoms in total. The molecule has 0 bridgehead atoms. The van der Waals surface area contributed by atoms with Gasteiger partial charge in [-0.1, -0.05) is 12.1 Å². The van der Waals surface area contributed by atoms with Crippen LogP contribution in [-0.4, -0.2) is 21.8 Å². The van der Waals surface area contributed by atoms with E-state index in [4.69, 9.17) is 5.73 Å². The predicted molar refractivity (Wildman–Crippen MR) is 96.3 cm³/mol. The lowest BCUT2D eigenvalue weighted by Gasteiger charge is -2.02. The molecular formula is C18H15FN4O2S. The summed E-state index contributed by atoms with van der Waals surface area (Å²) >= 11 is 1.31. The molecule has 2 unspecified atom stereocenters. The molecule has 26 heavy (non-hydrogen) atoms. The molecule has 0 saturated heterocycles. The van der Waals surface area contributed by atoms with E-state index in [1.54, 1.807) is 29.8 Å². The summed E-state index contributed by atoms with van der Waals surface area (Å²) in [5, 5.41) is 5.12. The third-order valence-electron chi connectivity index (χ3n) is 4.40. The molecule has 4 N–H and O–H groups in total. The standard InChI is InChI=1S/C18H15FN4O2S/c19-11-3-1-9(2-4-11)12-6-13(12)17(25)23-18-22-15(8-26-18)10-5-14(16(20)24)21-7-10/h1-5,7-8,12-13,21H,6H2,(H2,20,24)(H,22,23,25). The number of anilines is 1. The summed E-state index contributed by atoms with van der Waals surface area (Å²) in [6, 6.07) is 7.88. The zero-order valence-electron chi connectivity index (χ0n) is 13.5. The first-order valence-electron chi connectivity index (χ1n) is 8.01. The summed E-state index contributed by atoms with van der Waals surface area (Å²) in [4.78, 5) is 30.7. The molecule has 2 aromatic heterocycles. The fourth-order valence-corrected chi connectivity index (χ4v) is 3.63. The van der Waals surface area contributed by atoms with Crippen molar-refractivity contribution in [3.8, 4) is 11.3 Å². The van der Waals surface area contributed by atoms with Gasteiger partial charge in [-0.2, -0.15) is 0 Å². The number of carbonyl (C=O) groups excluding carboxylic acids is 2. The van der Waals surface area contributed by atoms with E-state index >= 15 is 0 Å². The minimum atomic E-state index is -0.541. The Kier molecular flexibility index (Phi) is 4.04. The number of nitrogens with zero attached hydrogens (tertiary/aromatic N) is 1. The molecule has 0 spiro atoms. The largest absolute Gasteiger partial charge is 0.364 e. The first-order valence-corrected chi connectivity index (χ1v) is 8.89. The summed E-state index contributed by atoms with van der Waals surface area (Å²) in [6.45, 7) is 0. The monoisotopic (exact) mass is 370 g/mol. The number of aromatic amines is 1. The smallest absolute Gasteiger partial charge is 0.265 e. The van der Waals surface area contributed by atoms with Crippen molar-refractivity contribution in [2.45, 2.75) is 12.3 Å². The lowest BCUT2D eigenvalue weighted by Crippen LogP contribution is -2.14. The van der Waals surface area contributed by atoms with Crippen LogP contribution in [-0.2, 0) is 4.79 Å². The molecule has 2 amide bonds. The Morgan fingerprint density at radius 2 is 2.08 bits per heavy atom. The number of halogens is 1. The highest BCUT2D eigenvalue weighted by Crippen LogP contribution is 2.48. The van der Waals surface area contributed by atoms with Crippen LogP contribution in [0, 0.1) is 11.7 Å². The summed E-state index contributed by atoms with van der Waals surface area (Å²) in [7, 11) is 0. The van der Waals surface area contributed by atoms with E-state index in [0.717, 1.165) is 17.5 Å². The highest BCUT2D eigenvalue weighted by atomic mass is 32.1. The van der Waals surface area contributed by atoms with Crippen molar-refractivity contribution in [3.05, 3.63) is 59.0 Å². The first-order chi connectivity index (χ1) is 12.5. The number of rotatable bonds is 5. The van der Waals surface area contributed by atoms with Crippen LogP contribution in [0.25, 0.3) is 11.3 Å². The molecule has 0 radical (unpaired) electrons. The van der Waals surface area contributed by atoms with Crippen molar-refractivity contribution in [1.29, 1.82) is 0 Å². The summed E-state index contributed by atoms with van der Waals surface area (Å²) in [6.07, 6.45) is 2.39. The highest BCUT2D eigenvalue weighted by molar-refractivity contribution is 7.14. The molecule has 1 aliphatic rings. The molecule has 4 rings (SSSR count). The van der Waals surface area contributed by atoms with E-state index in [1.165, 1.54) is 23.5 Å². The van der Waals surface area contributed by atoms with Gasteiger partial charge in [0.25, 0.3) is 5.91 Å². The number of nitrogens with two attached hydrogens (primary N) is 1. The van der Waals surface area contributed by atoms with Gasteiger partial charge in [0.05, 0.1) is 5.69 Å². The van der Waals surface area contributed by atoms with Gasteiger partial charge in [0.15, 0.2) is 5.13 Å². The third kappa shape index (κ3) is 3.23. The molecular weight excluding hydrogens is 355 g/mol.